The number of nitrogens with one attached hydrogen (secondary N) is 1. The quantitative estimate of drug-likeness (QED) is 0.834. The highest BCUT2D eigenvalue weighted by atomic mass is 15.3. The number of aromatic nitrogens is 3. The van der Waals surface area contributed by atoms with Crippen LogP contribution in [-0.4, -0.2) is 40.8 Å². The predicted octanol–water partition coefficient (Wildman–Crippen LogP) is 0.917. The lowest BCUT2D eigenvalue weighted by atomic mass is 10.1. The van der Waals surface area contributed by atoms with Gasteiger partial charge in [0.2, 0.25) is 0 Å². The minimum absolute atomic E-state index is 0.564. The van der Waals surface area contributed by atoms with Gasteiger partial charge in [0.1, 0.15) is 5.52 Å². The zero-order valence-corrected chi connectivity index (χ0v) is 10.0. The van der Waals surface area contributed by atoms with Gasteiger partial charge in [-0.2, -0.15) is 5.10 Å². The Morgan fingerprint density at radius 2 is 2.35 bits per heavy atom. The first kappa shape index (κ1) is 10.5. The molecule has 90 valence electrons. The SMILES string of the molecule is CNC1CCCN(c2nccn3nccc23)C1. The van der Waals surface area contributed by atoms with Gasteiger partial charge in [0.25, 0.3) is 0 Å². The number of nitrogens with zero attached hydrogens (tertiary/aromatic N) is 4. The molecule has 2 aromatic heterocycles. The van der Waals surface area contributed by atoms with Gasteiger partial charge in [-0.25, -0.2) is 9.50 Å². The van der Waals surface area contributed by atoms with E-state index in [1.54, 1.807) is 0 Å². The van der Waals surface area contributed by atoms with Crippen molar-refractivity contribution in [3.05, 3.63) is 24.7 Å². The Kier molecular flexibility index (Phi) is 2.68. The zero-order valence-electron chi connectivity index (χ0n) is 10.0. The second-order valence-corrected chi connectivity index (χ2v) is 4.49. The highest BCUT2D eigenvalue weighted by Crippen LogP contribution is 2.22. The standard InChI is InChI=1S/C12H17N5/c1-13-10-3-2-7-16(9-10)12-11-4-5-15-17(11)8-6-14-12/h4-6,8,10,13H,2-3,7,9H2,1H3. The Labute approximate surface area is 100 Å². The monoisotopic (exact) mass is 231 g/mol. The van der Waals surface area contributed by atoms with Gasteiger partial charge in [0.05, 0.1) is 6.20 Å². The molecule has 2 aromatic rings. The number of fused-ring (bicyclic) bond motifs is 1. The molecule has 3 rings (SSSR count). The summed E-state index contributed by atoms with van der Waals surface area (Å²) in [5, 5.41) is 7.60. The van der Waals surface area contributed by atoms with Crippen molar-refractivity contribution >= 4 is 11.3 Å². The molecule has 0 spiro atoms. The molecule has 1 N–H and O–H groups in total. The Morgan fingerprint density at radius 3 is 3.24 bits per heavy atom. The van der Waals surface area contributed by atoms with Crippen molar-refractivity contribution < 1.29 is 0 Å². The molecule has 1 aliphatic heterocycles. The number of hydrogen-bond acceptors (Lipinski definition) is 4. The van der Waals surface area contributed by atoms with Crippen LogP contribution in [0.15, 0.2) is 24.7 Å². The van der Waals surface area contributed by atoms with E-state index in [9.17, 15) is 0 Å². The molecule has 3 heterocycles. The van der Waals surface area contributed by atoms with Crippen LogP contribution in [0.25, 0.3) is 5.52 Å². The maximum Gasteiger partial charge on any atom is 0.154 e. The summed E-state index contributed by atoms with van der Waals surface area (Å²) in [6, 6.07) is 2.58. The lowest BCUT2D eigenvalue weighted by molar-refractivity contribution is 0.448. The van der Waals surface area contributed by atoms with E-state index in [1.165, 1.54) is 12.8 Å². The van der Waals surface area contributed by atoms with Crippen molar-refractivity contribution in [1.29, 1.82) is 0 Å². The molecule has 1 unspecified atom stereocenters. The van der Waals surface area contributed by atoms with Crippen LogP contribution in [0.2, 0.25) is 0 Å². The summed E-state index contributed by atoms with van der Waals surface area (Å²) in [4.78, 5) is 6.86. The van der Waals surface area contributed by atoms with Crippen LogP contribution in [0.5, 0.6) is 0 Å². The van der Waals surface area contributed by atoms with Crippen molar-refractivity contribution in [3.8, 4) is 0 Å². The van der Waals surface area contributed by atoms with Gasteiger partial charge < -0.3 is 10.2 Å². The number of likely N-dealkylation sites (N-methyl/N-ethyl adjacent to an activating group) is 1. The highest BCUT2D eigenvalue weighted by molar-refractivity contribution is 5.68. The molecular formula is C12H17N5. The molecule has 5 heteroatoms. The molecule has 0 aliphatic carbocycles. The van der Waals surface area contributed by atoms with E-state index in [0.717, 1.165) is 24.4 Å². The molecule has 1 aliphatic rings. The van der Waals surface area contributed by atoms with Crippen molar-refractivity contribution in [3.63, 3.8) is 0 Å². The van der Waals surface area contributed by atoms with Crippen molar-refractivity contribution in [2.75, 3.05) is 25.0 Å². The number of anilines is 1. The van der Waals surface area contributed by atoms with E-state index in [0.29, 0.717) is 6.04 Å². The maximum absolute atomic E-state index is 4.51. The molecule has 0 radical (unpaired) electrons. The number of hydrogen-bond donors (Lipinski definition) is 1. The second-order valence-electron chi connectivity index (χ2n) is 4.49. The average molecular weight is 231 g/mol. The summed E-state index contributed by atoms with van der Waals surface area (Å²) in [7, 11) is 2.03. The molecule has 1 fully saturated rings. The summed E-state index contributed by atoms with van der Waals surface area (Å²) in [5.41, 5.74) is 1.09. The van der Waals surface area contributed by atoms with Gasteiger partial charge in [-0.15, -0.1) is 0 Å². The minimum atomic E-state index is 0.564. The first-order valence-corrected chi connectivity index (χ1v) is 6.09. The average Bonchev–Trinajstić information content (AvgIpc) is 2.87. The lowest BCUT2D eigenvalue weighted by Gasteiger charge is -2.33. The summed E-state index contributed by atoms with van der Waals surface area (Å²) in [6.07, 6.45) is 7.98. The van der Waals surface area contributed by atoms with Crippen molar-refractivity contribution in [2.24, 2.45) is 0 Å². The molecule has 17 heavy (non-hydrogen) atoms. The first-order valence-electron chi connectivity index (χ1n) is 6.09. The van der Waals surface area contributed by atoms with Gasteiger partial charge in [-0.05, 0) is 26.0 Å². The topological polar surface area (TPSA) is 45.5 Å². The van der Waals surface area contributed by atoms with Crippen LogP contribution >= 0.6 is 0 Å². The van der Waals surface area contributed by atoms with Gasteiger partial charge in [-0.3, -0.25) is 0 Å². The van der Waals surface area contributed by atoms with Crippen LogP contribution in [0, 0.1) is 0 Å². The Bertz CT molecular complexity index is 506. The number of rotatable bonds is 2. The van der Waals surface area contributed by atoms with E-state index in [1.807, 2.05) is 36.2 Å². The van der Waals surface area contributed by atoms with Crippen LogP contribution in [-0.2, 0) is 0 Å². The smallest absolute Gasteiger partial charge is 0.154 e. The van der Waals surface area contributed by atoms with Crippen LogP contribution in [0.1, 0.15) is 12.8 Å². The highest BCUT2D eigenvalue weighted by Gasteiger charge is 2.21. The van der Waals surface area contributed by atoms with E-state index >= 15 is 0 Å². The third-order valence-corrected chi connectivity index (χ3v) is 3.43. The van der Waals surface area contributed by atoms with E-state index in [4.69, 9.17) is 0 Å². The Balaban J connectivity index is 1.94. The fraction of sp³-hybridized carbons (Fsp3) is 0.500. The van der Waals surface area contributed by atoms with E-state index in [-0.39, 0.29) is 0 Å². The van der Waals surface area contributed by atoms with Crippen LogP contribution in [0.4, 0.5) is 5.82 Å². The minimum Gasteiger partial charge on any atom is -0.353 e. The lowest BCUT2D eigenvalue weighted by Crippen LogP contribution is -2.44. The molecule has 1 saturated heterocycles. The molecule has 1 atom stereocenters. The summed E-state index contributed by atoms with van der Waals surface area (Å²) < 4.78 is 1.88. The normalized spacial score (nSPS) is 21.0. The summed E-state index contributed by atoms with van der Waals surface area (Å²) in [6.45, 7) is 2.10. The molecule has 0 bridgehead atoms. The second kappa shape index (κ2) is 4.33. The largest absolute Gasteiger partial charge is 0.353 e. The fourth-order valence-electron chi connectivity index (χ4n) is 2.49. The van der Waals surface area contributed by atoms with Gasteiger partial charge in [0, 0.05) is 31.5 Å². The number of piperidine rings is 1. The van der Waals surface area contributed by atoms with Crippen molar-refractivity contribution in [1.82, 2.24) is 19.9 Å². The summed E-state index contributed by atoms with van der Waals surface area (Å²) in [5.74, 6) is 1.05. The summed E-state index contributed by atoms with van der Waals surface area (Å²) >= 11 is 0. The Morgan fingerprint density at radius 1 is 1.41 bits per heavy atom. The van der Waals surface area contributed by atoms with E-state index < -0.39 is 0 Å². The van der Waals surface area contributed by atoms with Crippen LogP contribution < -0.4 is 10.2 Å². The molecule has 5 nitrogen and oxygen atoms in total. The zero-order chi connectivity index (χ0) is 11.7. The van der Waals surface area contributed by atoms with Gasteiger partial charge >= 0.3 is 0 Å². The molecule has 0 aromatic carbocycles. The third-order valence-electron chi connectivity index (χ3n) is 3.43. The molecule has 0 saturated carbocycles. The predicted molar refractivity (Wildman–Crippen MR) is 67.3 cm³/mol. The van der Waals surface area contributed by atoms with Crippen LogP contribution in [0.3, 0.4) is 0 Å². The Hall–Kier alpha value is -1.62. The third kappa shape index (κ3) is 1.86. The first-order chi connectivity index (χ1) is 8.38. The van der Waals surface area contributed by atoms with Crippen molar-refractivity contribution in [2.45, 2.75) is 18.9 Å². The van der Waals surface area contributed by atoms with Gasteiger partial charge in [-0.1, -0.05) is 0 Å². The molecular weight excluding hydrogens is 214 g/mol. The van der Waals surface area contributed by atoms with E-state index in [2.05, 4.69) is 20.3 Å². The van der Waals surface area contributed by atoms with Gasteiger partial charge in [0.15, 0.2) is 5.82 Å². The molecule has 0 amide bonds. The maximum atomic E-state index is 4.51. The fourth-order valence-corrected chi connectivity index (χ4v) is 2.49.